The second-order valence-electron chi connectivity index (χ2n) is 9.14. The van der Waals surface area contributed by atoms with Gasteiger partial charge in [-0.25, -0.2) is 9.18 Å². The smallest absolute Gasteiger partial charge is 0.407 e. The zero-order valence-corrected chi connectivity index (χ0v) is 20.0. The van der Waals surface area contributed by atoms with E-state index in [0.29, 0.717) is 86.0 Å². The molecule has 1 amide bonds. The molecule has 36 heavy (non-hydrogen) atoms. The number of amides is 1. The molecule has 2 aliphatic heterocycles. The molecule has 190 valence electrons. The number of carboxylic acid groups (broad SMARTS) is 1. The van der Waals surface area contributed by atoms with Gasteiger partial charge < -0.3 is 24.0 Å². The molecule has 1 N–H and O–H groups in total. The SMILES string of the molecule is Cc1cc(=O)n(CCN2CCC(N(Cc3cc4c(cn3)OCCO4)C(=O)O)CC2)c2cc(F)cnc12. The number of piperidine rings is 1. The van der Waals surface area contributed by atoms with E-state index in [4.69, 9.17) is 9.47 Å². The minimum absolute atomic E-state index is 0.144. The molecule has 11 heteroatoms. The van der Waals surface area contributed by atoms with Crippen molar-refractivity contribution in [2.45, 2.75) is 38.9 Å². The van der Waals surface area contributed by atoms with Crippen LogP contribution in [-0.2, 0) is 13.1 Å². The first-order valence-electron chi connectivity index (χ1n) is 12.0. The number of fused-ring (bicyclic) bond motifs is 2. The number of carbonyl (C=O) groups is 1. The molecule has 1 fully saturated rings. The van der Waals surface area contributed by atoms with Gasteiger partial charge in [0.1, 0.15) is 19.0 Å². The van der Waals surface area contributed by atoms with Crippen molar-refractivity contribution in [2.75, 3.05) is 32.8 Å². The summed E-state index contributed by atoms with van der Waals surface area (Å²) in [7, 11) is 0. The Kier molecular flexibility index (Phi) is 6.73. The third-order valence-electron chi connectivity index (χ3n) is 6.81. The molecule has 10 nitrogen and oxygen atoms in total. The van der Waals surface area contributed by atoms with Crippen LogP contribution < -0.4 is 15.0 Å². The Morgan fingerprint density at radius 2 is 1.86 bits per heavy atom. The second-order valence-corrected chi connectivity index (χ2v) is 9.14. The Bertz CT molecular complexity index is 1340. The van der Waals surface area contributed by atoms with E-state index in [9.17, 15) is 19.1 Å². The molecular weight excluding hydrogens is 469 g/mol. The zero-order chi connectivity index (χ0) is 25.2. The van der Waals surface area contributed by atoms with Gasteiger partial charge in [0.25, 0.3) is 5.56 Å². The van der Waals surface area contributed by atoms with Crippen molar-refractivity contribution < 1.29 is 23.8 Å². The zero-order valence-electron chi connectivity index (χ0n) is 20.0. The van der Waals surface area contributed by atoms with Crippen LogP contribution in [0.3, 0.4) is 0 Å². The van der Waals surface area contributed by atoms with Crippen molar-refractivity contribution in [3.63, 3.8) is 0 Å². The third-order valence-corrected chi connectivity index (χ3v) is 6.81. The molecule has 3 aromatic rings. The fourth-order valence-corrected chi connectivity index (χ4v) is 4.92. The van der Waals surface area contributed by atoms with E-state index in [2.05, 4.69) is 14.9 Å². The Labute approximate surface area is 206 Å². The molecule has 3 aromatic heterocycles. The van der Waals surface area contributed by atoms with Gasteiger partial charge in [-0.2, -0.15) is 0 Å². The standard InChI is InChI=1S/C25H28FN5O5/c1-16-10-23(32)30(20-11-17(26)13-28-24(16)20)7-6-29-4-2-19(3-5-29)31(25(33)34)15-18-12-21-22(14-27-18)36-9-8-35-21/h10-14,19H,2-9,15H2,1H3,(H,33,34). The largest absolute Gasteiger partial charge is 0.486 e. The summed E-state index contributed by atoms with van der Waals surface area (Å²) < 4.78 is 26.5. The van der Waals surface area contributed by atoms with E-state index in [1.807, 2.05) is 0 Å². The first kappa shape index (κ1) is 24.0. The van der Waals surface area contributed by atoms with E-state index < -0.39 is 11.9 Å². The van der Waals surface area contributed by atoms with Crippen LogP contribution in [-0.4, -0.2) is 74.4 Å². The van der Waals surface area contributed by atoms with E-state index >= 15 is 0 Å². The number of aromatic nitrogens is 3. The lowest BCUT2D eigenvalue weighted by molar-refractivity contribution is 0.0848. The van der Waals surface area contributed by atoms with Crippen molar-refractivity contribution in [1.29, 1.82) is 0 Å². The van der Waals surface area contributed by atoms with E-state index in [1.165, 1.54) is 17.0 Å². The molecule has 0 saturated carbocycles. The number of hydrogen-bond acceptors (Lipinski definition) is 7. The van der Waals surface area contributed by atoms with Crippen molar-refractivity contribution in [2.24, 2.45) is 0 Å². The summed E-state index contributed by atoms with van der Waals surface area (Å²) in [5, 5.41) is 9.87. The van der Waals surface area contributed by atoms with Crippen molar-refractivity contribution in [3.05, 3.63) is 58.0 Å². The summed E-state index contributed by atoms with van der Waals surface area (Å²) in [6.07, 6.45) is 3.07. The van der Waals surface area contributed by atoms with Crippen LogP contribution in [0.2, 0.25) is 0 Å². The fourth-order valence-electron chi connectivity index (χ4n) is 4.92. The number of pyridine rings is 3. The van der Waals surface area contributed by atoms with Crippen LogP contribution in [0.25, 0.3) is 11.0 Å². The Hall–Kier alpha value is -3.73. The minimum atomic E-state index is -0.989. The molecule has 0 radical (unpaired) electrons. The predicted octanol–water partition coefficient (Wildman–Crippen LogP) is 2.65. The molecule has 0 bridgehead atoms. The van der Waals surface area contributed by atoms with Crippen LogP contribution in [0, 0.1) is 12.7 Å². The van der Waals surface area contributed by atoms with Crippen LogP contribution in [0.1, 0.15) is 24.1 Å². The number of ether oxygens (including phenoxy) is 2. The van der Waals surface area contributed by atoms with Gasteiger partial charge in [-0.05, 0) is 25.3 Å². The van der Waals surface area contributed by atoms with Gasteiger partial charge in [0.05, 0.1) is 35.7 Å². The summed E-state index contributed by atoms with van der Waals surface area (Å²) in [6.45, 7) is 5.25. The average molecular weight is 498 g/mol. The highest BCUT2D eigenvalue weighted by Crippen LogP contribution is 2.30. The molecule has 5 heterocycles. The van der Waals surface area contributed by atoms with Gasteiger partial charge in [-0.1, -0.05) is 0 Å². The van der Waals surface area contributed by atoms with Crippen molar-refractivity contribution in [1.82, 2.24) is 24.3 Å². The van der Waals surface area contributed by atoms with Crippen LogP contribution >= 0.6 is 0 Å². The summed E-state index contributed by atoms with van der Waals surface area (Å²) in [5.74, 6) is 0.669. The number of nitrogens with zero attached hydrogens (tertiary/aromatic N) is 5. The third kappa shape index (κ3) is 4.97. The topological polar surface area (TPSA) is 110 Å². The fraction of sp³-hybridized carbons (Fsp3) is 0.440. The number of aryl methyl sites for hydroxylation is 1. The van der Waals surface area contributed by atoms with E-state index in [1.54, 1.807) is 23.8 Å². The van der Waals surface area contributed by atoms with Crippen molar-refractivity contribution >= 4 is 17.1 Å². The van der Waals surface area contributed by atoms with Gasteiger partial charge >= 0.3 is 6.09 Å². The highest BCUT2D eigenvalue weighted by atomic mass is 19.1. The van der Waals surface area contributed by atoms with Crippen molar-refractivity contribution in [3.8, 4) is 11.5 Å². The highest BCUT2D eigenvalue weighted by molar-refractivity contribution is 5.77. The quantitative estimate of drug-likeness (QED) is 0.554. The summed E-state index contributed by atoms with van der Waals surface area (Å²) in [5.41, 5.74) is 2.23. The summed E-state index contributed by atoms with van der Waals surface area (Å²) in [6, 6.07) is 4.46. The Morgan fingerprint density at radius 3 is 2.61 bits per heavy atom. The lowest BCUT2D eigenvalue weighted by Crippen LogP contribution is -2.47. The maximum atomic E-state index is 13.8. The molecule has 0 unspecified atom stereocenters. The Morgan fingerprint density at radius 1 is 1.11 bits per heavy atom. The molecule has 0 aliphatic carbocycles. The highest BCUT2D eigenvalue weighted by Gasteiger charge is 2.29. The molecule has 1 saturated heterocycles. The van der Waals surface area contributed by atoms with Crippen LogP contribution in [0.4, 0.5) is 9.18 Å². The lowest BCUT2D eigenvalue weighted by Gasteiger charge is -2.37. The average Bonchev–Trinajstić information content (AvgIpc) is 2.87. The normalized spacial score (nSPS) is 16.3. The number of likely N-dealkylation sites (tertiary alicyclic amines) is 1. The predicted molar refractivity (Wildman–Crippen MR) is 129 cm³/mol. The maximum absolute atomic E-state index is 13.8. The van der Waals surface area contributed by atoms with E-state index in [0.717, 1.165) is 6.20 Å². The number of hydrogen-bond donors (Lipinski definition) is 1. The molecule has 0 spiro atoms. The first-order chi connectivity index (χ1) is 17.4. The molecule has 2 aliphatic rings. The van der Waals surface area contributed by atoms with Gasteiger partial charge in [0.15, 0.2) is 11.5 Å². The number of halogens is 1. The Balaban J connectivity index is 1.22. The first-order valence-corrected chi connectivity index (χ1v) is 12.0. The maximum Gasteiger partial charge on any atom is 0.407 e. The summed E-state index contributed by atoms with van der Waals surface area (Å²) >= 11 is 0. The molecular formula is C25H28FN5O5. The minimum Gasteiger partial charge on any atom is -0.486 e. The van der Waals surface area contributed by atoms with E-state index in [-0.39, 0.29) is 18.1 Å². The second kappa shape index (κ2) is 10.1. The van der Waals surface area contributed by atoms with Gasteiger partial charge in [0, 0.05) is 50.4 Å². The number of rotatable bonds is 6. The lowest BCUT2D eigenvalue weighted by atomic mass is 10.0. The monoisotopic (exact) mass is 497 g/mol. The van der Waals surface area contributed by atoms with Gasteiger partial charge in [-0.15, -0.1) is 0 Å². The molecule has 5 rings (SSSR count). The molecule has 0 aromatic carbocycles. The van der Waals surface area contributed by atoms with Gasteiger partial charge in [0.2, 0.25) is 0 Å². The van der Waals surface area contributed by atoms with Crippen LogP contribution in [0.5, 0.6) is 11.5 Å². The summed E-state index contributed by atoms with van der Waals surface area (Å²) in [4.78, 5) is 36.8. The van der Waals surface area contributed by atoms with Crippen LogP contribution in [0.15, 0.2) is 35.4 Å². The van der Waals surface area contributed by atoms with Gasteiger partial charge in [-0.3, -0.25) is 19.7 Å². The molecule has 0 atom stereocenters.